The van der Waals surface area contributed by atoms with Crippen molar-refractivity contribution < 1.29 is 23.2 Å². The lowest BCUT2D eigenvalue weighted by Gasteiger charge is -2.28. The molecular weight excluding hydrogens is 487 g/mol. The van der Waals surface area contributed by atoms with E-state index in [1.807, 2.05) is 13.0 Å². The van der Waals surface area contributed by atoms with Crippen molar-refractivity contribution in [2.24, 2.45) is 0 Å². The van der Waals surface area contributed by atoms with Crippen LogP contribution in [0, 0.1) is 6.92 Å². The Balaban J connectivity index is 0.000000235. The lowest BCUT2D eigenvalue weighted by Crippen LogP contribution is -2.34. The van der Waals surface area contributed by atoms with Gasteiger partial charge in [-0.2, -0.15) is 8.42 Å². The zero-order valence-electron chi connectivity index (χ0n) is 17.7. The van der Waals surface area contributed by atoms with E-state index in [1.54, 1.807) is 36.4 Å². The van der Waals surface area contributed by atoms with Gasteiger partial charge < -0.3 is 20.8 Å². The molecule has 0 aromatic heterocycles. The second-order valence-corrected chi connectivity index (χ2v) is 9.83. The maximum atomic E-state index is 10.5. The smallest absolute Gasteiger partial charge is 0.294 e. The third-order valence-electron chi connectivity index (χ3n) is 5.15. The summed E-state index contributed by atoms with van der Waals surface area (Å²) in [6.07, 6.45) is 0.826. The Bertz CT molecular complexity index is 1230. The van der Waals surface area contributed by atoms with E-state index in [2.05, 4.69) is 10.6 Å². The van der Waals surface area contributed by atoms with Gasteiger partial charge in [-0.15, -0.1) is 0 Å². The summed E-state index contributed by atoms with van der Waals surface area (Å²) in [5.41, 5.74) is 3.88. The molecule has 10 heteroatoms. The zero-order chi connectivity index (χ0) is 24.2. The lowest BCUT2D eigenvalue weighted by atomic mass is 9.93. The van der Waals surface area contributed by atoms with E-state index in [0.717, 1.165) is 35.3 Å². The summed E-state index contributed by atoms with van der Waals surface area (Å²) >= 11 is 11.9. The summed E-state index contributed by atoms with van der Waals surface area (Å²) in [5.74, 6) is -0.168. The van der Waals surface area contributed by atoms with Crippen molar-refractivity contribution in [3.8, 4) is 11.5 Å². The number of hydrogen-bond acceptors (Lipinski definition) is 6. The molecule has 0 spiro atoms. The molecule has 4 rings (SSSR count). The molecule has 0 aliphatic carbocycles. The number of benzene rings is 3. The number of phenols is 2. The molecule has 0 amide bonds. The highest BCUT2D eigenvalue weighted by Gasteiger charge is 2.21. The SMILES string of the molecule is Cc1ccc(S(=O)(=O)O)cc1.Oc1cc2c(cc1O)C(CNc1ccc(Cl)c(Cl)c1)NCC2. The normalized spacial score (nSPS) is 15.2. The summed E-state index contributed by atoms with van der Waals surface area (Å²) in [6.45, 7) is 3.30. The van der Waals surface area contributed by atoms with Crippen molar-refractivity contribution in [2.75, 3.05) is 18.4 Å². The molecule has 7 nitrogen and oxygen atoms in total. The average molecular weight is 511 g/mol. The Hall–Kier alpha value is -2.49. The van der Waals surface area contributed by atoms with E-state index < -0.39 is 10.1 Å². The summed E-state index contributed by atoms with van der Waals surface area (Å²) in [7, 11) is -4.02. The van der Waals surface area contributed by atoms with Crippen LogP contribution in [0.25, 0.3) is 0 Å². The zero-order valence-corrected chi connectivity index (χ0v) is 20.0. The van der Waals surface area contributed by atoms with Crippen LogP contribution in [0.2, 0.25) is 10.0 Å². The van der Waals surface area contributed by atoms with Crippen LogP contribution in [0.1, 0.15) is 22.7 Å². The Morgan fingerprint density at radius 3 is 2.30 bits per heavy atom. The van der Waals surface area contributed by atoms with Crippen molar-refractivity contribution in [1.29, 1.82) is 0 Å². The van der Waals surface area contributed by atoms with Gasteiger partial charge in [-0.25, -0.2) is 0 Å². The first-order valence-corrected chi connectivity index (χ1v) is 12.3. The Kier molecular flexibility index (Phi) is 8.10. The van der Waals surface area contributed by atoms with Crippen molar-refractivity contribution in [1.82, 2.24) is 5.32 Å². The van der Waals surface area contributed by atoms with Gasteiger partial charge >= 0.3 is 0 Å². The Labute approximate surface area is 202 Å². The summed E-state index contributed by atoms with van der Waals surface area (Å²) in [6, 6.07) is 14.7. The molecule has 0 saturated carbocycles. The largest absolute Gasteiger partial charge is 0.504 e. The van der Waals surface area contributed by atoms with Gasteiger partial charge in [0.25, 0.3) is 10.1 Å². The minimum Gasteiger partial charge on any atom is -0.504 e. The van der Waals surface area contributed by atoms with Crippen molar-refractivity contribution in [3.63, 3.8) is 0 Å². The number of fused-ring (bicyclic) bond motifs is 1. The predicted molar refractivity (Wildman–Crippen MR) is 130 cm³/mol. The predicted octanol–water partition coefficient (Wildman–Crippen LogP) is 4.95. The van der Waals surface area contributed by atoms with Crippen molar-refractivity contribution in [3.05, 3.63) is 81.3 Å². The number of anilines is 1. The molecule has 3 aromatic rings. The molecular formula is C23H24Cl2N2O5S. The van der Waals surface area contributed by atoms with Crippen LogP contribution in [-0.4, -0.2) is 36.3 Å². The minimum atomic E-state index is -4.02. The first kappa shape index (κ1) is 25.1. The van der Waals surface area contributed by atoms with Crippen LogP contribution < -0.4 is 10.6 Å². The first-order valence-electron chi connectivity index (χ1n) is 10.1. The minimum absolute atomic E-state index is 0.0460. The van der Waals surface area contributed by atoms with Crippen LogP contribution in [-0.2, 0) is 16.5 Å². The highest BCUT2D eigenvalue weighted by Crippen LogP contribution is 2.34. The van der Waals surface area contributed by atoms with Gasteiger partial charge in [-0.05, 0) is 73.5 Å². The van der Waals surface area contributed by atoms with Crippen LogP contribution >= 0.6 is 23.2 Å². The Morgan fingerprint density at radius 1 is 1.00 bits per heavy atom. The second-order valence-electron chi connectivity index (χ2n) is 7.59. The average Bonchev–Trinajstić information content (AvgIpc) is 2.75. The van der Waals surface area contributed by atoms with E-state index in [9.17, 15) is 18.6 Å². The molecule has 1 unspecified atom stereocenters. The number of phenolic OH excluding ortho intramolecular Hbond substituents is 2. The highest BCUT2D eigenvalue weighted by atomic mass is 35.5. The van der Waals surface area contributed by atoms with Crippen LogP contribution in [0.15, 0.2) is 59.5 Å². The molecule has 33 heavy (non-hydrogen) atoms. The number of halogens is 2. The first-order chi connectivity index (χ1) is 15.5. The maximum absolute atomic E-state index is 10.5. The van der Waals surface area contributed by atoms with Gasteiger partial charge in [0.15, 0.2) is 11.5 Å². The second kappa shape index (κ2) is 10.6. The fraction of sp³-hybridized carbons (Fsp3) is 0.217. The fourth-order valence-electron chi connectivity index (χ4n) is 3.39. The third-order valence-corrected chi connectivity index (χ3v) is 6.75. The molecule has 0 fully saturated rings. The van der Waals surface area contributed by atoms with Crippen LogP contribution in [0.5, 0.6) is 11.5 Å². The monoisotopic (exact) mass is 510 g/mol. The van der Waals surface area contributed by atoms with Crippen molar-refractivity contribution in [2.45, 2.75) is 24.3 Å². The van der Waals surface area contributed by atoms with E-state index in [1.165, 1.54) is 12.1 Å². The van der Waals surface area contributed by atoms with Crippen LogP contribution in [0.3, 0.4) is 0 Å². The molecule has 1 heterocycles. The van der Waals surface area contributed by atoms with Gasteiger partial charge in [0.05, 0.1) is 14.9 Å². The highest BCUT2D eigenvalue weighted by molar-refractivity contribution is 7.85. The lowest BCUT2D eigenvalue weighted by molar-refractivity contribution is 0.399. The number of aryl methyl sites for hydroxylation is 1. The summed E-state index contributed by atoms with van der Waals surface area (Å²) in [5, 5.41) is 27.1. The Morgan fingerprint density at radius 2 is 1.67 bits per heavy atom. The molecule has 1 aliphatic heterocycles. The summed E-state index contributed by atoms with van der Waals surface area (Å²) in [4.78, 5) is -0.0666. The van der Waals surface area contributed by atoms with Crippen molar-refractivity contribution >= 4 is 39.0 Å². The molecule has 0 saturated heterocycles. The van der Waals surface area contributed by atoms with Gasteiger partial charge in [0, 0.05) is 18.3 Å². The molecule has 0 radical (unpaired) electrons. The van der Waals surface area contributed by atoms with Gasteiger partial charge in [-0.3, -0.25) is 4.55 Å². The van der Waals surface area contributed by atoms with E-state index in [-0.39, 0.29) is 22.4 Å². The number of aromatic hydroxyl groups is 2. The molecule has 0 bridgehead atoms. The standard InChI is InChI=1S/C16H16Cl2N2O2.C7H8O3S/c17-12-2-1-10(6-13(12)18)20-8-14-11-7-16(22)15(21)5-9(11)3-4-19-14;1-6-2-4-7(5-3-6)11(8,9)10/h1-2,5-7,14,19-22H,3-4,8H2;2-5H,1H3,(H,8,9,10). The molecule has 1 aliphatic rings. The summed E-state index contributed by atoms with van der Waals surface area (Å²) < 4.78 is 29.6. The topological polar surface area (TPSA) is 119 Å². The fourth-order valence-corrected chi connectivity index (χ4v) is 4.16. The van der Waals surface area contributed by atoms with Gasteiger partial charge in [-0.1, -0.05) is 40.9 Å². The van der Waals surface area contributed by atoms with E-state index in [4.69, 9.17) is 27.8 Å². The van der Waals surface area contributed by atoms with Gasteiger partial charge in [0.2, 0.25) is 0 Å². The molecule has 3 aromatic carbocycles. The quantitative estimate of drug-likeness (QED) is 0.249. The molecule has 1 atom stereocenters. The number of rotatable bonds is 4. The van der Waals surface area contributed by atoms with E-state index >= 15 is 0 Å². The molecule has 176 valence electrons. The number of nitrogens with one attached hydrogen (secondary N) is 2. The third kappa shape index (κ3) is 6.75. The maximum Gasteiger partial charge on any atom is 0.294 e. The van der Waals surface area contributed by atoms with E-state index in [0.29, 0.717) is 16.6 Å². The van der Waals surface area contributed by atoms with Crippen LogP contribution in [0.4, 0.5) is 5.69 Å². The molecule has 5 N–H and O–H groups in total. The number of hydrogen-bond donors (Lipinski definition) is 5. The van der Waals surface area contributed by atoms with Gasteiger partial charge in [0.1, 0.15) is 0 Å².